The molecule has 2 heterocycles. The lowest BCUT2D eigenvalue weighted by molar-refractivity contribution is -0.136. The summed E-state index contributed by atoms with van der Waals surface area (Å²) in [6, 6.07) is 8.61. The maximum Gasteiger partial charge on any atom is 0.257 e. The Morgan fingerprint density at radius 2 is 1.75 bits per heavy atom. The first-order valence-corrected chi connectivity index (χ1v) is 8.06. The predicted octanol–water partition coefficient (Wildman–Crippen LogP) is 1.99. The van der Waals surface area contributed by atoms with Gasteiger partial charge in [0.15, 0.2) is 6.17 Å². The van der Waals surface area contributed by atoms with Crippen molar-refractivity contribution in [3.63, 3.8) is 0 Å². The van der Waals surface area contributed by atoms with Crippen molar-refractivity contribution in [2.24, 2.45) is 0 Å². The third kappa shape index (κ3) is 2.52. The molecule has 124 valence electrons. The third-order valence-electron chi connectivity index (χ3n) is 3.73. The van der Waals surface area contributed by atoms with Gasteiger partial charge in [-0.25, -0.2) is 14.6 Å². The molecule has 1 aromatic heterocycles. The molecule has 0 spiro atoms. The van der Waals surface area contributed by atoms with Crippen LogP contribution in [0, 0.1) is 6.92 Å². The first-order valence-electron chi connectivity index (χ1n) is 7.27. The highest BCUT2D eigenvalue weighted by atomic mass is 79.9. The van der Waals surface area contributed by atoms with E-state index in [2.05, 4.69) is 20.9 Å². The van der Waals surface area contributed by atoms with E-state index < -0.39 is 12.1 Å². The number of amides is 2. The molecule has 0 fully saturated rings. The second kappa shape index (κ2) is 5.86. The number of nitrogens with zero attached hydrogens (tertiary/aromatic N) is 4. The highest BCUT2D eigenvalue weighted by Gasteiger charge is 2.43. The van der Waals surface area contributed by atoms with Crippen LogP contribution in [0.15, 0.2) is 39.6 Å². The molecule has 0 saturated carbocycles. The third-order valence-corrected chi connectivity index (χ3v) is 4.26. The molecular formula is C16H15BrN4O3. The number of fused-ring (bicyclic) bond motifs is 1. The van der Waals surface area contributed by atoms with Crippen LogP contribution in [0.2, 0.25) is 0 Å². The summed E-state index contributed by atoms with van der Waals surface area (Å²) in [5.74, 6) is -0.604. The summed E-state index contributed by atoms with van der Waals surface area (Å²) < 4.78 is 2.23. The Hall–Kier alpha value is -2.48. The summed E-state index contributed by atoms with van der Waals surface area (Å²) in [5, 5.41) is 2.41. The molecule has 2 aromatic rings. The maximum absolute atomic E-state index is 12.6. The van der Waals surface area contributed by atoms with Gasteiger partial charge in [0.2, 0.25) is 17.8 Å². The van der Waals surface area contributed by atoms with Crippen molar-refractivity contribution in [1.82, 2.24) is 14.6 Å². The fraction of sp³-hybridized carbons (Fsp3) is 0.250. The van der Waals surface area contributed by atoms with Crippen LogP contribution >= 0.6 is 15.9 Å². The van der Waals surface area contributed by atoms with E-state index in [0.717, 1.165) is 9.48 Å². The molecule has 2 amide bonds. The number of halogens is 1. The van der Waals surface area contributed by atoms with Crippen LogP contribution in [-0.2, 0) is 9.59 Å². The lowest BCUT2D eigenvalue weighted by Crippen LogP contribution is -2.46. The molecule has 0 N–H and O–H groups in total. The number of benzene rings is 1. The van der Waals surface area contributed by atoms with Gasteiger partial charge in [0.25, 0.3) is 5.56 Å². The van der Waals surface area contributed by atoms with Crippen LogP contribution in [0.1, 0.15) is 31.3 Å². The Morgan fingerprint density at radius 1 is 1.12 bits per heavy atom. The average molecular weight is 391 g/mol. The van der Waals surface area contributed by atoms with Crippen LogP contribution in [0.5, 0.6) is 0 Å². The van der Waals surface area contributed by atoms with Gasteiger partial charge in [0.05, 0.1) is 0 Å². The van der Waals surface area contributed by atoms with Crippen molar-refractivity contribution in [1.29, 1.82) is 0 Å². The number of hydrazine groups is 1. The SMILES string of the molecule is CC(=O)N1c2nc(C)cc(=O)n2[C@H](c2ccc(Br)cc2)N1C(C)=O. The molecule has 1 aliphatic heterocycles. The topological polar surface area (TPSA) is 75.5 Å². The van der Waals surface area contributed by atoms with Gasteiger partial charge in [-0.2, -0.15) is 5.01 Å². The largest absolute Gasteiger partial charge is 0.273 e. The lowest BCUT2D eigenvalue weighted by Gasteiger charge is -2.28. The number of anilines is 1. The molecule has 0 unspecified atom stereocenters. The summed E-state index contributed by atoms with van der Waals surface area (Å²) in [6.07, 6.45) is -0.755. The summed E-state index contributed by atoms with van der Waals surface area (Å²) in [4.78, 5) is 41.3. The van der Waals surface area contributed by atoms with Crippen molar-refractivity contribution in [3.05, 3.63) is 56.4 Å². The molecule has 1 aliphatic rings. The zero-order valence-electron chi connectivity index (χ0n) is 13.4. The normalized spacial score (nSPS) is 16.2. The van der Waals surface area contributed by atoms with Crippen molar-refractivity contribution < 1.29 is 9.59 Å². The van der Waals surface area contributed by atoms with Crippen LogP contribution in [0.4, 0.5) is 5.95 Å². The number of rotatable bonds is 1. The molecular weight excluding hydrogens is 376 g/mol. The first kappa shape index (κ1) is 16.4. The van der Waals surface area contributed by atoms with Gasteiger partial charge < -0.3 is 0 Å². The number of carbonyl (C=O) groups excluding carboxylic acids is 2. The van der Waals surface area contributed by atoms with E-state index in [1.807, 2.05) is 12.1 Å². The fourth-order valence-electron chi connectivity index (χ4n) is 2.82. The van der Waals surface area contributed by atoms with Gasteiger partial charge in [0, 0.05) is 30.1 Å². The van der Waals surface area contributed by atoms with Crippen LogP contribution < -0.4 is 10.6 Å². The van der Waals surface area contributed by atoms with Crippen molar-refractivity contribution >= 4 is 33.7 Å². The van der Waals surface area contributed by atoms with Gasteiger partial charge in [-0.3, -0.25) is 14.4 Å². The molecule has 7 nitrogen and oxygen atoms in total. The molecule has 8 heteroatoms. The van der Waals surface area contributed by atoms with Crippen molar-refractivity contribution in [2.45, 2.75) is 26.9 Å². The van der Waals surface area contributed by atoms with E-state index in [4.69, 9.17) is 0 Å². The monoisotopic (exact) mass is 390 g/mol. The highest BCUT2D eigenvalue weighted by molar-refractivity contribution is 9.10. The summed E-state index contributed by atoms with van der Waals surface area (Å²) in [6.45, 7) is 4.36. The van der Waals surface area contributed by atoms with Crippen molar-refractivity contribution in [2.75, 3.05) is 5.01 Å². The number of aryl methyl sites for hydroxylation is 1. The predicted molar refractivity (Wildman–Crippen MR) is 91.2 cm³/mol. The minimum Gasteiger partial charge on any atom is -0.273 e. The van der Waals surface area contributed by atoms with Gasteiger partial charge >= 0.3 is 0 Å². The number of carbonyl (C=O) groups is 2. The van der Waals surface area contributed by atoms with Gasteiger partial charge in [-0.1, -0.05) is 28.1 Å². The molecule has 0 bridgehead atoms. The zero-order chi connectivity index (χ0) is 17.6. The number of hydrogen-bond donors (Lipinski definition) is 0. The molecule has 3 rings (SSSR count). The van der Waals surface area contributed by atoms with Crippen molar-refractivity contribution in [3.8, 4) is 0 Å². The van der Waals surface area contributed by atoms with Crippen LogP contribution in [0.3, 0.4) is 0 Å². The smallest absolute Gasteiger partial charge is 0.257 e. The second-order valence-corrected chi connectivity index (χ2v) is 6.44. The van der Waals surface area contributed by atoms with Gasteiger partial charge in [0.1, 0.15) is 0 Å². The molecule has 1 atom stereocenters. The number of aromatic nitrogens is 2. The Morgan fingerprint density at radius 3 is 2.29 bits per heavy atom. The maximum atomic E-state index is 12.6. The summed E-state index contributed by atoms with van der Waals surface area (Å²) >= 11 is 3.36. The Kier molecular flexibility index (Phi) is 4.00. The van der Waals surface area contributed by atoms with E-state index in [9.17, 15) is 14.4 Å². The minimum absolute atomic E-state index is 0.149. The standard InChI is InChI=1S/C16H15BrN4O3/c1-9-8-14(24)19-15(12-4-6-13(17)7-5-12)20(10(2)22)21(11(3)23)16(19)18-9/h4-8,15H,1-3H3/t15-/m0/s1. The van der Waals surface area contributed by atoms with Crippen LogP contribution in [-0.4, -0.2) is 26.4 Å². The van der Waals surface area contributed by atoms with E-state index >= 15 is 0 Å². The summed E-state index contributed by atoms with van der Waals surface area (Å²) in [7, 11) is 0. The zero-order valence-corrected chi connectivity index (χ0v) is 14.9. The molecule has 0 radical (unpaired) electrons. The average Bonchev–Trinajstić information content (AvgIpc) is 2.83. The first-order chi connectivity index (χ1) is 11.3. The van der Waals surface area contributed by atoms with E-state index in [0.29, 0.717) is 11.3 Å². The Bertz CT molecular complexity index is 891. The molecule has 1 aromatic carbocycles. The lowest BCUT2D eigenvalue weighted by atomic mass is 10.1. The minimum atomic E-state index is -0.755. The molecule has 24 heavy (non-hydrogen) atoms. The summed E-state index contributed by atoms with van der Waals surface area (Å²) in [5.41, 5.74) is 0.865. The second-order valence-electron chi connectivity index (χ2n) is 5.53. The quantitative estimate of drug-likeness (QED) is 0.745. The van der Waals surface area contributed by atoms with E-state index in [-0.39, 0.29) is 17.4 Å². The fourth-order valence-corrected chi connectivity index (χ4v) is 3.08. The van der Waals surface area contributed by atoms with Gasteiger partial charge in [-0.15, -0.1) is 0 Å². The molecule has 0 aliphatic carbocycles. The highest BCUT2D eigenvalue weighted by Crippen LogP contribution is 2.35. The molecule has 0 saturated heterocycles. The Balaban J connectivity index is 2.31. The van der Waals surface area contributed by atoms with E-state index in [1.54, 1.807) is 19.1 Å². The van der Waals surface area contributed by atoms with Gasteiger partial charge in [-0.05, 0) is 24.6 Å². The van der Waals surface area contributed by atoms with E-state index in [1.165, 1.54) is 29.5 Å². The Labute approximate surface area is 146 Å². The van der Waals surface area contributed by atoms with Crippen LogP contribution in [0.25, 0.3) is 0 Å². The number of hydrogen-bond acceptors (Lipinski definition) is 4.